The number of hydrogen-bond acceptors (Lipinski definition) is 2. The summed E-state index contributed by atoms with van der Waals surface area (Å²) >= 11 is 2.27. The number of hydrogen-bond donors (Lipinski definition) is 0. The molecule has 0 bridgehead atoms. The summed E-state index contributed by atoms with van der Waals surface area (Å²) in [5.41, 5.74) is 0. The zero-order valence-electron chi connectivity index (χ0n) is 6.23. The first-order chi connectivity index (χ1) is 5.19. The van der Waals surface area contributed by atoms with Crippen LogP contribution in [-0.2, 0) is 9.84 Å². The Morgan fingerprint density at radius 3 is 2.08 bits per heavy atom. The number of rotatable bonds is 3. The minimum Gasteiger partial charge on any atom is -0.229 e. The molecule has 1 unspecified atom stereocenters. The van der Waals surface area contributed by atoms with Gasteiger partial charge in [-0.2, -0.15) is 13.2 Å². The van der Waals surface area contributed by atoms with Crippen LogP contribution in [0.5, 0.6) is 0 Å². The first-order valence-electron chi connectivity index (χ1n) is 3.10. The van der Waals surface area contributed by atoms with Crippen molar-refractivity contribution in [3.05, 3.63) is 0 Å². The molecule has 0 radical (unpaired) electrons. The maximum atomic E-state index is 11.8. The van der Waals surface area contributed by atoms with Gasteiger partial charge in [-0.15, -0.1) is 0 Å². The van der Waals surface area contributed by atoms with E-state index < -0.39 is 26.6 Å². The van der Waals surface area contributed by atoms with Gasteiger partial charge in [-0.1, -0.05) is 22.9 Å². The lowest BCUT2D eigenvalue weighted by atomic mass is 10.5. The number of halogens is 4. The van der Waals surface area contributed by atoms with Crippen molar-refractivity contribution in [3.63, 3.8) is 0 Å². The molecule has 0 spiro atoms. The van der Waals surface area contributed by atoms with Crippen LogP contribution >= 0.6 is 15.9 Å². The van der Waals surface area contributed by atoms with Gasteiger partial charge in [-0.05, 0) is 0 Å². The van der Waals surface area contributed by atoms with Crippen LogP contribution in [0, 0.1) is 0 Å². The zero-order chi connectivity index (χ0) is 9.99. The third-order valence-electron chi connectivity index (χ3n) is 1.20. The lowest BCUT2D eigenvalue weighted by molar-refractivity contribution is -0.123. The Balaban J connectivity index is 4.30. The Bertz CT molecular complexity index is 234. The molecule has 0 aromatic rings. The van der Waals surface area contributed by atoms with Crippen molar-refractivity contribution in [1.82, 2.24) is 0 Å². The second kappa shape index (κ2) is 3.95. The SMILES string of the molecule is CCS(=O)(=O)CC(Br)C(F)(F)F. The molecule has 0 aliphatic carbocycles. The molecule has 0 saturated heterocycles. The van der Waals surface area contributed by atoms with Crippen LogP contribution in [0.3, 0.4) is 0 Å². The highest BCUT2D eigenvalue weighted by Gasteiger charge is 2.40. The predicted octanol–water partition coefficient (Wildman–Crippen LogP) is 1.75. The maximum absolute atomic E-state index is 11.8. The first-order valence-corrected chi connectivity index (χ1v) is 5.84. The molecule has 0 fully saturated rings. The second-order valence-corrected chi connectivity index (χ2v) is 5.71. The smallest absolute Gasteiger partial charge is 0.229 e. The summed E-state index contributed by atoms with van der Waals surface area (Å²) in [6, 6.07) is 0. The molecule has 0 rings (SSSR count). The Labute approximate surface area is 77.2 Å². The monoisotopic (exact) mass is 268 g/mol. The Morgan fingerprint density at radius 1 is 1.42 bits per heavy atom. The van der Waals surface area contributed by atoms with Gasteiger partial charge in [0.05, 0.1) is 5.75 Å². The standard InChI is InChI=1S/C5H8BrF3O2S/c1-2-12(10,11)3-4(6)5(7,8)9/h4H,2-3H2,1H3. The summed E-state index contributed by atoms with van der Waals surface area (Å²) in [4.78, 5) is -1.96. The van der Waals surface area contributed by atoms with Crippen molar-refractivity contribution in [2.24, 2.45) is 0 Å². The van der Waals surface area contributed by atoms with E-state index in [1.165, 1.54) is 6.92 Å². The van der Waals surface area contributed by atoms with Gasteiger partial charge in [0, 0.05) is 5.75 Å². The summed E-state index contributed by atoms with van der Waals surface area (Å²) in [6.45, 7) is 1.31. The molecule has 0 heterocycles. The Morgan fingerprint density at radius 2 is 1.83 bits per heavy atom. The van der Waals surface area contributed by atoms with Crippen LogP contribution in [0.4, 0.5) is 13.2 Å². The van der Waals surface area contributed by atoms with E-state index in [4.69, 9.17) is 0 Å². The average Bonchev–Trinajstić information content (AvgIpc) is 1.85. The maximum Gasteiger partial charge on any atom is 0.402 e. The number of sulfone groups is 1. The average molecular weight is 269 g/mol. The summed E-state index contributed by atoms with van der Waals surface area (Å²) < 4.78 is 56.9. The zero-order valence-corrected chi connectivity index (χ0v) is 8.63. The van der Waals surface area contributed by atoms with Crippen molar-refractivity contribution in [2.75, 3.05) is 11.5 Å². The molecule has 0 aromatic heterocycles. The molecule has 0 aromatic carbocycles. The lowest BCUT2D eigenvalue weighted by Gasteiger charge is -2.12. The third-order valence-corrected chi connectivity index (χ3v) is 4.19. The summed E-state index contributed by atoms with van der Waals surface area (Å²) in [6.07, 6.45) is -4.50. The fourth-order valence-electron chi connectivity index (χ4n) is 0.435. The van der Waals surface area contributed by atoms with Crippen molar-refractivity contribution in [3.8, 4) is 0 Å². The lowest BCUT2D eigenvalue weighted by Crippen LogP contribution is -2.31. The van der Waals surface area contributed by atoms with Crippen molar-refractivity contribution < 1.29 is 21.6 Å². The van der Waals surface area contributed by atoms with Crippen molar-refractivity contribution in [1.29, 1.82) is 0 Å². The molecular weight excluding hydrogens is 261 g/mol. The summed E-state index contributed by atoms with van der Waals surface area (Å²) in [7, 11) is -3.57. The molecule has 0 aliphatic heterocycles. The molecule has 1 atom stereocenters. The van der Waals surface area contributed by atoms with Crippen molar-refractivity contribution >= 4 is 25.8 Å². The largest absolute Gasteiger partial charge is 0.402 e. The van der Waals surface area contributed by atoms with Crippen molar-refractivity contribution in [2.45, 2.75) is 17.9 Å². The van der Waals surface area contributed by atoms with Crippen LogP contribution < -0.4 is 0 Å². The van der Waals surface area contributed by atoms with Crippen LogP contribution in [0.2, 0.25) is 0 Å². The van der Waals surface area contributed by atoms with Crippen LogP contribution in [0.15, 0.2) is 0 Å². The van der Waals surface area contributed by atoms with E-state index in [1.807, 2.05) is 0 Å². The minimum atomic E-state index is -4.50. The van der Waals surface area contributed by atoms with E-state index in [-0.39, 0.29) is 5.75 Å². The van der Waals surface area contributed by atoms with Gasteiger partial charge in [0.2, 0.25) is 0 Å². The van der Waals surface area contributed by atoms with Gasteiger partial charge in [-0.25, -0.2) is 8.42 Å². The van der Waals surface area contributed by atoms with E-state index in [2.05, 4.69) is 15.9 Å². The number of alkyl halides is 4. The highest BCUT2D eigenvalue weighted by Crippen LogP contribution is 2.27. The fourth-order valence-corrected chi connectivity index (χ4v) is 2.51. The summed E-state index contributed by atoms with van der Waals surface area (Å²) in [5.74, 6) is -1.17. The van der Waals surface area contributed by atoms with Crippen LogP contribution in [0.25, 0.3) is 0 Å². The molecule has 7 heteroatoms. The first kappa shape index (κ1) is 12.2. The normalized spacial score (nSPS) is 16.1. The van der Waals surface area contributed by atoms with Gasteiger partial charge in [0.15, 0.2) is 9.84 Å². The molecule has 0 amide bonds. The third kappa shape index (κ3) is 4.30. The van der Waals surface area contributed by atoms with Gasteiger partial charge in [-0.3, -0.25) is 0 Å². The van der Waals surface area contributed by atoms with Crippen LogP contribution in [0.1, 0.15) is 6.92 Å². The summed E-state index contributed by atoms with van der Waals surface area (Å²) in [5, 5.41) is 0. The predicted molar refractivity (Wildman–Crippen MR) is 43.1 cm³/mol. The second-order valence-electron chi connectivity index (χ2n) is 2.21. The van der Waals surface area contributed by atoms with E-state index in [0.29, 0.717) is 0 Å². The van der Waals surface area contributed by atoms with E-state index in [0.717, 1.165) is 0 Å². The highest BCUT2D eigenvalue weighted by atomic mass is 79.9. The Kier molecular flexibility index (Phi) is 4.02. The quantitative estimate of drug-likeness (QED) is 0.731. The fraction of sp³-hybridized carbons (Fsp3) is 1.00. The van der Waals surface area contributed by atoms with E-state index in [9.17, 15) is 21.6 Å². The molecule has 0 N–H and O–H groups in total. The van der Waals surface area contributed by atoms with E-state index in [1.54, 1.807) is 0 Å². The van der Waals surface area contributed by atoms with E-state index >= 15 is 0 Å². The van der Waals surface area contributed by atoms with Gasteiger partial charge < -0.3 is 0 Å². The minimum absolute atomic E-state index is 0.273. The molecular formula is C5H8BrF3O2S. The van der Waals surface area contributed by atoms with Gasteiger partial charge in [0.1, 0.15) is 4.83 Å². The molecule has 0 aliphatic rings. The molecule has 0 saturated carbocycles. The molecule has 12 heavy (non-hydrogen) atoms. The highest BCUT2D eigenvalue weighted by molar-refractivity contribution is 9.09. The van der Waals surface area contributed by atoms with Crippen LogP contribution in [-0.4, -0.2) is 30.9 Å². The Hall–Kier alpha value is 0.220. The van der Waals surface area contributed by atoms with Gasteiger partial charge in [0.25, 0.3) is 0 Å². The molecule has 74 valence electrons. The topological polar surface area (TPSA) is 34.1 Å². The molecule has 2 nitrogen and oxygen atoms in total. The van der Waals surface area contributed by atoms with Gasteiger partial charge >= 0.3 is 6.18 Å².